The zero-order chi connectivity index (χ0) is 8.15. The SMILES string of the molecule is CC(=O)C(N)=CC(=[NH2+])N=O. The zero-order valence-corrected chi connectivity index (χ0v) is 5.50. The first-order valence-electron chi connectivity index (χ1n) is 2.52. The number of nitrogens with two attached hydrogens (primary N) is 2. The molecule has 0 aliphatic carbocycles. The first kappa shape index (κ1) is 8.48. The molecule has 10 heavy (non-hydrogen) atoms. The molecule has 0 fully saturated rings. The smallest absolute Gasteiger partial charge is 0.368 e. The van der Waals surface area contributed by atoms with Crippen molar-refractivity contribution in [3.05, 3.63) is 16.7 Å². The van der Waals surface area contributed by atoms with E-state index in [1.54, 1.807) is 0 Å². The van der Waals surface area contributed by atoms with Crippen LogP contribution in [0, 0.1) is 4.91 Å². The van der Waals surface area contributed by atoms with E-state index in [2.05, 4.69) is 5.18 Å². The number of nitroso groups, excluding NO2 is 1. The Kier molecular flexibility index (Phi) is 2.96. The van der Waals surface area contributed by atoms with Gasteiger partial charge in [-0.2, -0.15) is 0 Å². The van der Waals surface area contributed by atoms with Crippen LogP contribution >= 0.6 is 0 Å². The van der Waals surface area contributed by atoms with Gasteiger partial charge < -0.3 is 5.73 Å². The van der Waals surface area contributed by atoms with Crippen molar-refractivity contribution >= 4 is 11.6 Å². The van der Waals surface area contributed by atoms with Gasteiger partial charge in [0.25, 0.3) is 0 Å². The highest BCUT2D eigenvalue weighted by molar-refractivity contribution is 6.00. The van der Waals surface area contributed by atoms with E-state index in [1.807, 2.05) is 0 Å². The van der Waals surface area contributed by atoms with Gasteiger partial charge in [-0.05, 0) is 4.91 Å². The molecule has 0 radical (unpaired) electrons. The van der Waals surface area contributed by atoms with Crippen LogP contribution in [-0.2, 0) is 4.79 Å². The molecule has 0 aliphatic rings. The Balaban J connectivity index is 4.30. The van der Waals surface area contributed by atoms with E-state index in [-0.39, 0.29) is 17.3 Å². The lowest BCUT2D eigenvalue weighted by Gasteiger charge is -1.86. The van der Waals surface area contributed by atoms with Gasteiger partial charge in [-0.25, -0.2) is 0 Å². The number of amidine groups is 1. The average Bonchev–Trinajstić information content (AvgIpc) is 1.87. The Morgan fingerprint density at radius 3 is 2.50 bits per heavy atom. The van der Waals surface area contributed by atoms with Crippen LogP contribution in [0.3, 0.4) is 0 Å². The summed E-state index contributed by atoms with van der Waals surface area (Å²) >= 11 is 0. The van der Waals surface area contributed by atoms with Crippen molar-refractivity contribution in [3.63, 3.8) is 0 Å². The van der Waals surface area contributed by atoms with Crippen molar-refractivity contribution in [2.75, 3.05) is 0 Å². The predicted octanol–water partition coefficient (Wildman–Crippen LogP) is -1.66. The van der Waals surface area contributed by atoms with Crippen molar-refractivity contribution in [1.82, 2.24) is 0 Å². The van der Waals surface area contributed by atoms with Crippen LogP contribution in [0.25, 0.3) is 0 Å². The number of carbonyl (C=O) groups is 1. The van der Waals surface area contributed by atoms with E-state index < -0.39 is 0 Å². The third kappa shape index (κ3) is 2.71. The molecule has 0 bridgehead atoms. The molecule has 4 N–H and O–H groups in total. The second kappa shape index (κ2) is 3.49. The van der Waals surface area contributed by atoms with Crippen LogP contribution < -0.4 is 11.1 Å². The van der Waals surface area contributed by atoms with Crippen molar-refractivity contribution < 1.29 is 10.2 Å². The average molecular weight is 142 g/mol. The summed E-state index contributed by atoms with van der Waals surface area (Å²) in [7, 11) is 0. The number of allylic oxidation sites excluding steroid dienone is 1. The lowest BCUT2D eigenvalue weighted by atomic mass is 10.3. The van der Waals surface area contributed by atoms with Gasteiger partial charge in [-0.15, -0.1) is 0 Å². The van der Waals surface area contributed by atoms with E-state index in [9.17, 15) is 9.70 Å². The topological polar surface area (TPSA) is 98.1 Å². The molecule has 0 aliphatic heterocycles. The Labute approximate surface area is 57.4 Å². The van der Waals surface area contributed by atoms with Gasteiger partial charge >= 0.3 is 5.84 Å². The number of rotatable bonds is 2. The maximum Gasteiger partial charge on any atom is 0.368 e. The molecule has 0 amide bonds. The number of hydrogen-bond acceptors (Lipinski definition) is 3. The predicted molar refractivity (Wildman–Crippen MR) is 35.7 cm³/mol. The highest BCUT2D eigenvalue weighted by atomic mass is 16.3. The highest BCUT2D eigenvalue weighted by Gasteiger charge is 2.04. The Hall–Kier alpha value is -1.52. The Bertz CT molecular complexity index is 207. The molecule has 0 saturated carbocycles. The number of hydrogen-bond donors (Lipinski definition) is 2. The molecule has 0 unspecified atom stereocenters. The summed E-state index contributed by atoms with van der Waals surface area (Å²) in [6.07, 6.45) is 1.02. The first-order chi connectivity index (χ1) is 4.57. The van der Waals surface area contributed by atoms with Crippen LogP contribution in [-0.4, -0.2) is 11.6 Å². The highest BCUT2D eigenvalue weighted by Crippen LogP contribution is 1.85. The lowest BCUT2D eigenvalue weighted by molar-refractivity contribution is -0.116. The molecular weight excluding hydrogens is 134 g/mol. The number of Topliss-reactive ketones (excluding diaryl/α,β-unsaturated/α-hetero) is 1. The fourth-order valence-corrected chi connectivity index (χ4v) is 0.287. The van der Waals surface area contributed by atoms with Gasteiger partial charge in [-0.3, -0.25) is 10.2 Å². The van der Waals surface area contributed by atoms with Gasteiger partial charge in [-0.1, -0.05) is 0 Å². The molecule has 54 valence electrons. The molecule has 0 spiro atoms. The summed E-state index contributed by atoms with van der Waals surface area (Å²) in [5, 5.41) is 7.29. The molecule has 5 nitrogen and oxygen atoms in total. The van der Waals surface area contributed by atoms with E-state index in [1.165, 1.54) is 6.92 Å². The number of ketones is 1. The van der Waals surface area contributed by atoms with E-state index in [4.69, 9.17) is 11.1 Å². The lowest BCUT2D eigenvalue weighted by Crippen LogP contribution is -2.37. The van der Waals surface area contributed by atoms with Crippen LogP contribution in [0.15, 0.2) is 16.9 Å². The normalized spacial score (nSPS) is 10.7. The second-order valence-corrected chi connectivity index (χ2v) is 1.67. The molecule has 0 aromatic rings. The molecule has 0 atom stereocenters. The van der Waals surface area contributed by atoms with Crippen LogP contribution in [0.1, 0.15) is 6.92 Å². The minimum absolute atomic E-state index is 0.0721. The maximum atomic E-state index is 10.4. The minimum Gasteiger partial charge on any atom is -0.396 e. The van der Waals surface area contributed by atoms with E-state index in [0.29, 0.717) is 0 Å². The fraction of sp³-hybridized carbons (Fsp3) is 0.200. The van der Waals surface area contributed by atoms with Gasteiger partial charge in [0.2, 0.25) is 5.18 Å². The molecular formula is C5H8N3O2+. The first-order valence-corrected chi connectivity index (χ1v) is 2.52. The van der Waals surface area contributed by atoms with Gasteiger partial charge in [0.1, 0.15) is 0 Å². The molecule has 0 aromatic heterocycles. The Morgan fingerprint density at radius 2 is 2.20 bits per heavy atom. The van der Waals surface area contributed by atoms with Crippen molar-refractivity contribution in [2.45, 2.75) is 6.92 Å². The number of carbonyl (C=O) groups excluding carboxylic acids is 1. The minimum atomic E-state index is -0.341. The van der Waals surface area contributed by atoms with Crippen LogP contribution in [0.4, 0.5) is 0 Å². The standard InChI is InChI=1S/C5H7N3O2/c1-3(9)4(6)2-5(7)8-10/h2,7H,6H2,1H3/p+1. The molecule has 0 saturated heterocycles. The summed E-state index contributed by atoms with van der Waals surface area (Å²) in [4.78, 5) is 20.0. The molecule has 0 heterocycles. The van der Waals surface area contributed by atoms with Gasteiger partial charge in [0, 0.05) is 6.92 Å². The van der Waals surface area contributed by atoms with Gasteiger partial charge in [0.15, 0.2) is 5.78 Å². The number of nitrogens with zero attached hydrogens (tertiary/aromatic N) is 1. The maximum absolute atomic E-state index is 10.4. The second-order valence-electron chi connectivity index (χ2n) is 1.67. The summed E-state index contributed by atoms with van der Waals surface area (Å²) in [6.45, 7) is 1.27. The van der Waals surface area contributed by atoms with Crippen molar-refractivity contribution in [2.24, 2.45) is 10.9 Å². The summed E-state index contributed by atoms with van der Waals surface area (Å²) in [6, 6.07) is 0. The summed E-state index contributed by atoms with van der Waals surface area (Å²) in [5.41, 5.74) is 5.03. The van der Waals surface area contributed by atoms with Crippen molar-refractivity contribution in [1.29, 1.82) is 0 Å². The quantitative estimate of drug-likeness (QED) is 0.209. The Morgan fingerprint density at radius 1 is 1.70 bits per heavy atom. The van der Waals surface area contributed by atoms with E-state index >= 15 is 0 Å². The summed E-state index contributed by atoms with van der Waals surface area (Å²) < 4.78 is 0. The molecule has 5 heteroatoms. The zero-order valence-electron chi connectivity index (χ0n) is 5.50. The van der Waals surface area contributed by atoms with Crippen molar-refractivity contribution in [3.8, 4) is 0 Å². The van der Waals surface area contributed by atoms with Crippen LogP contribution in [0.5, 0.6) is 0 Å². The molecule has 0 aromatic carbocycles. The largest absolute Gasteiger partial charge is 0.396 e. The third-order valence-electron chi connectivity index (χ3n) is 0.815. The monoisotopic (exact) mass is 142 g/mol. The molecule has 0 rings (SSSR count). The van der Waals surface area contributed by atoms with Gasteiger partial charge in [0.05, 0.1) is 11.8 Å². The third-order valence-corrected chi connectivity index (χ3v) is 0.815. The fourth-order valence-electron chi connectivity index (χ4n) is 0.287. The van der Waals surface area contributed by atoms with E-state index in [0.717, 1.165) is 6.08 Å². The summed E-state index contributed by atoms with van der Waals surface area (Å²) in [5.74, 6) is -0.640. The van der Waals surface area contributed by atoms with Crippen LogP contribution in [0.2, 0.25) is 0 Å².